The van der Waals surface area contributed by atoms with Crippen LogP contribution in [0.2, 0.25) is 0 Å². The van der Waals surface area contributed by atoms with E-state index in [2.05, 4.69) is 25.6 Å². The molecule has 0 aliphatic rings. The summed E-state index contributed by atoms with van der Waals surface area (Å²) in [5, 5.41) is 0. The average molecular weight is 382 g/mol. The van der Waals surface area contributed by atoms with Gasteiger partial charge in [-0.05, 0) is 34.8 Å². The van der Waals surface area contributed by atoms with Crippen LogP contribution in [0.4, 0.5) is 5.82 Å². The molecule has 7 nitrogen and oxygen atoms in total. The van der Waals surface area contributed by atoms with Crippen molar-refractivity contribution in [2.45, 2.75) is 17.7 Å². The van der Waals surface area contributed by atoms with Gasteiger partial charge in [-0.3, -0.25) is 0 Å². The highest BCUT2D eigenvalue weighted by molar-refractivity contribution is 9.10. The summed E-state index contributed by atoms with van der Waals surface area (Å²) in [6.45, 7) is 2.00. The van der Waals surface area contributed by atoms with Crippen molar-refractivity contribution in [2.75, 3.05) is 39.2 Å². The standard InChI is InChI=1S/C12H20BrN3O4S/c1-19-6-7-20-5-3-2-4-16-21(17,18)11-8-10(13)9-15-12(11)14/h8-9,16H,2-7H2,1H3,(H2,14,15). The second kappa shape index (κ2) is 9.31. The predicted molar refractivity (Wildman–Crippen MR) is 83.5 cm³/mol. The number of sulfonamides is 1. The van der Waals surface area contributed by atoms with E-state index in [-0.39, 0.29) is 10.7 Å². The normalized spacial score (nSPS) is 11.7. The third-order valence-corrected chi connectivity index (χ3v) is 4.50. The summed E-state index contributed by atoms with van der Waals surface area (Å²) in [5.74, 6) is -0.0198. The molecule has 1 aromatic heterocycles. The first kappa shape index (κ1) is 18.3. The fourth-order valence-corrected chi connectivity index (χ4v) is 3.17. The Morgan fingerprint density at radius 3 is 2.81 bits per heavy atom. The smallest absolute Gasteiger partial charge is 0.244 e. The van der Waals surface area contributed by atoms with Crippen LogP contribution in [0.1, 0.15) is 12.8 Å². The molecule has 9 heteroatoms. The first-order valence-electron chi connectivity index (χ1n) is 6.44. The highest BCUT2D eigenvalue weighted by atomic mass is 79.9. The molecule has 120 valence electrons. The van der Waals surface area contributed by atoms with Gasteiger partial charge < -0.3 is 15.2 Å². The van der Waals surface area contributed by atoms with E-state index in [1.54, 1.807) is 7.11 Å². The van der Waals surface area contributed by atoms with Crippen molar-refractivity contribution < 1.29 is 17.9 Å². The lowest BCUT2D eigenvalue weighted by Crippen LogP contribution is -2.26. The zero-order valence-electron chi connectivity index (χ0n) is 11.8. The van der Waals surface area contributed by atoms with Gasteiger partial charge in [-0.15, -0.1) is 0 Å². The molecule has 0 atom stereocenters. The fourth-order valence-electron chi connectivity index (χ4n) is 1.50. The largest absolute Gasteiger partial charge is 0.383 e. The number of unbranched alkanes of at least 4 members (excludes halogenated alkanes) is 1. The first-order valence-corrected chi connectivity index (χ1v) is 8.72. The number of nitrogens with two attached hydrogens (primary N) is 1. The third-order valence-electron chi connectivity index (χ3n) is 2.58. The molecule has 0 aromatic carbocycles. The number of hydrogen-bond donors (Lipinski definition) is 2. The molecule has 1 aromatic rings. The van der Waals surface area contributed by atoms with Gasteiger partial charge in [-0.25, -0.2) is 18.1 Å². The number of methoxy groups -OCH3 is 1. The number of pyridine rings is 1. The Balaban J connectivity index is 2.35. The second-order valence-electron chi connectivity index (χ2n) is 4.25. The van der Waals surface area contributed by atoms with E-state index in [0.29, 0.717) is 37.3 Å². The van der Waals surface area contributed by atoms with Crippen LogP contribution in [-0.4, -0.2) is 46.9 Å². The molecule has 0 saturated heterocycles. The first-order chi connectivity index (χ1) is 9.97. The van der Waals surface area contributed by atoms with Crippen molar-refractivity contribution in [2.24, 2.45) is 0 Å². The van der Waals surface area contributed by atoms with Crippen LogP contribution in [0.25, 0.3) is 0 Å². The Bertz CT molecular complexity index is 539. The minimum atomic E-state index is -3.64. The number of aromatic nitrogens is 1. The van der Waals surface area contributed by atoms with Gasteiger partial charge in [0.1, 0.15) is 10.7 Å². The number of anilines is 1. The topological polar surface area (TPSA) is 104 Å². The summed E-state index contributed by atoms with van der Waals surface area (Å²) < 4.78 is 37.3. The lowest BCUT2D eigenvalue weighted by atomic mass is 10.3. The third kappa shape index (κ3) is 6.70. The molecular weight excluding hydrogens is 362 g/mol. The number of nitrogens with one attached hydrogen (secondary N) is 1. The van der Waals surface area contributed by atoms with Crippen molar-refractivity contribution >= 4 is 31.8 Å². The zero-order valence-corrected chi connectivity index (χ0v) is 14.2. The van der Waals surface area contributed by atoms with Gasteiger partial charge in [-0.2, -0.15) is 0 Å². The Hall–Kier alpha value is -0.740. The number of ether oxygens (including phenoxy) is 2. The van der Waals surface area contributed by atoms with Crippen LogP contribution in [0, 0.1) is 0 Å². The molecule has 1 rings (SSSR count). The maximum absolute atomic E-state index is 12.1. The number of rotatable bonds is 10. The molecule has 0 aliphatic carbocycles. The van der Waals surface area contributed by atoms with Crippen molar-refractivity contribution in [3.63, 3.8) is 0 Å². The van der Waals surface area contributed by atoms with Crippen molar-refractivity contribution in [1.82, 2.24) is 9.71 Å². The quantitative estimate of drug-likeness (QED) is 0.589. The van der Waals surface area contributed by atoms with Crippen molar-refractivity contribution in [3.8, 4) is 0 Å². The van der Waals surface area contributed by atoms with Crippen molar-refractivity contribution in [3.05, 3.63) is 16.7 Å². The van der Waals surface area contributed by atoms with Crippen LogP contribution in [0.5, 0.6) is 0 Å². The lowest BCUT2D eigenvalue weighted by Gasteiger charge is -2.09. The summed E-state index contributed by atoms with van der Waals surface area (Å²) >= 11 is 3.17. The van der Waals surface area contributed by atoms with E-state index in [9.17, 15) is 8.42 Å². The molecule has 0 spiro atoms. The van der Waals surface area contributed by atoms with E-state index in [1.807, 2.05) is 0 Å². The van der Waals surface area contributed by atoms with Gasteiger partial charge in [0, 0.05) is 30.9 Å². The minimum Gasteiger partial charge on any atom is -0.383 e. The van der Waals surface area contributed by atoms with E-state index in [1.165, 1.54) is 12.3 Å². The summed E-state index contributed by atoms with van der Waals surface area (Å²) in [7, 11) is -2.03. The van der Waals surface area contributed by atoms with Crippen molar-refractivity contribution in [1.29, 1.82) is 0 Å². The van der Waals surface area contributed by atoms with Gasteiger partial charge >= 0.3 is 0 Å². The molecule has 0 bridgehead atoms. The van der Waals surface area contributed by atoms with Gasteiger partial charge in [0.2, 0.25) is 10.0 Å². The van der Waals surface area contributed by atoms with Crippen LogP contribution < -0.4 is 10.5 Å². The number of halogens is 1. The highest BCUT2D eigenvalue weighted by Gasteiger charge is 2.18. The predicted octanol–water partition coefficient (Wildman–Crippen LogP) is 1.15. The summed E-state index contributed by atoms with van der Waals surface area (Å²) in [4.78, 5) is 3.79. The molecule has 0 aliphatic heterocycles. The highest BCUT2D eigenvalue weighted by Crippen LogP contribution is 2.20. The molecule has 0 radical (unpaired) electrons. The van der Waals surface area contributed by atoms with E-state index < -0.39 is 10.0 Å². The van der Waals surface area contributed by atoms with E-state index >= 15 is 0 Å². The Morgan fingerprint density at radius 1 is 1.33 bits per heavy atom. The molecule has 0 saturated carbocycles. The van der Waals surface area contributed by atoms with Crippen LogP contribution in [0.3, 0.4) is 0 Å². The molecule has 21 heavy (non-hydrogen) atoms. The molecule has 0 fully saturated rings. The second-order valence-corrected chi connectivity index (χ2v) is 6.90. The number of hydrogen-bond acceptors (Lipinski definition) is 6. The van der Waals surface area contributed by atoms with Crippen LogP contribution in [-0.2, 0) is 19.5 Å². The molecule has 0 amide bonds. The number of nitrogen functional groups attached to an aromatic ring is 1. The summed E-state index contributed by atoms with van der Waals surface area (Å²) in [6.07, 6.45) is 2.89. The van der Waals surface area contributed by atoms with Crippen LogP contribution >= 0.6 is 15.9 Å². The monoisotopic (exact) mass is 381 g/mol. The lowest BCUT2D eigenvalue weighted by molar-refractivity contribution is 0.0689. The van der Waals surface area contributed by atoms with Gasteiger partial charge in [0.15, 0.2) is 0 Å². The molecule has 1 heterocycles. The SMILES string of the molecule is COCCOCCCCNS(=O)(=O)c1cc(Br)cnc1N. The Kier molecular flexibility index (Phi) is 8.12. The summed E-state index contributed by atoms with van der Waals surface area (Å²) in [5.41, 5.74) is 5.59. The maximum atomic E-state index is 12.1. The van der Waals surface area contributed by atoms with Gasteiger partial charge in [-0.1, -0.05) is 0 Å². The maximum Gasteiger partial charge on any atom is 0.244 e. The Morgan fingerprint density at radius 2 is 2.10 bits per heavy atom. The summed E-state index contributed by atoms with van der Waals surface area (Å²) in [6, 6.07) is 1.43. The molecule has 3 N–H and O–H groups in total. The van der Waals surface area contributed by atoms with Gasteiger partial charge in [0.05, 0.1) is 13.2 Å². The Labute approximate surface area is 133 Å². The molecular formula is C12H20BrN3O4S. The number of nitrogens with zero attached hydrogens (tertiary/aromatic N) is 1. The van der Waals surface area contributed by atoms with Crippen LogP contribution in [0.15, 0.2) is 21.6 Å². The van der Waals surface area contributed by atoms with Gasteiger partial charge in [0.25, 0.3) is 0 Å². The van der Waals surface area contributed by atoms with E-state index in [0.717, 1.165) is 6.42 Å². The zero-order chi connectivity index (χ0) is 15.7. The fraction of sp³-hybridized carbons (Fsp3) is 0.583. The minimum absolute atomic E-state index is 0.0198. The molecule has 0 unspecified atom stereocenters. The average Bonchev–Trinajstić information content (AvgIpc) is 2.44. The van der Waals surface area contributed by atoms with E-state index in [4.69, 9.17) is 15.2 Å².